The van der Waals surface area contributed by atoms with Gasteiger partial charge in [0.15, 0.2) is 0 Å². The fourth-order valence-electron chi connectivity index (χ4n) is 5.65. The Labute approximate surface area is 284 Å². The van der Waals surface area contributed by atoms with Gasteiger partial charge in [-0.1, -0.05) is 41.9 Å². The number of piperazine rings is 1. The van der Waals surface area contributed by atoms with E-state index in [9.17, 15) is 4.79 Å². The van der Waals surface area contributed by atoms with Crippen molar-refractivity contribution in [1.82, 2.24) is 25.1 Å². The minimum Gasteiger partial charge on any atom is -0.497 e. The summed E-state index contributed by atoms with van der Waals surface area (Å²) in [7, 11) is 5.44. The van der Waals surface area contributed by atoms with Gasteiger partial charge < -0.3 is 29.9 Å². The lowest BCUT2D eigenvalue weighted by atomic mass is 9.98. The molecule has 0 spiro atoms. The molecule has 0 radical (unpaired) electrons. The molecule has 244 valence electrons. The molecule has 2 aromatic heterocycles. The van der Waals surface area contributed by atoms with Gasteiger partial charge in [-0.2, -0.15) is 0 Å². The van der Waals surface area contributed by atoms with Gasteiger partial charge in [0.05, 0.1) is 36.4 Å². The number of carbonyl (C=O) groups excluding carboxylic acids is 1. The number of rotatable bonds is 12. The predicted octanol–water partition coefficient (Wildman–Crippen LogP) is 6.60. The van der Waals surface area contributed by atoms with E-state index in [1.165, 1.54) is 0 Å². The predicted molar refractivity (Wildman–Crippen MR) is 190 cm³/mol. The maximum absolute atomic E-state index is 13.7. The normalized spacial score (nSPS) is 14.0. The van der Waals surface area contributed by atoms with Crippen LogP contribution in [-0.2, 0) is 0 Å². The van der Waals surface area contributed by atoms with Gasteiger partial charge in [0, 0.05) is 43.0 Å². The molecule has 1 fully saturated rings. The molecular formula is C36H39ClN6O3S. The Morgan fingerprint density at radius 1 is 0.936 bits per heavy atom. The molecule has 1 amide bonds. The maximum atomic E-state index is 13.7. The first-order chi connectivity index (χ1) is 22.9. The summed E-state index contributed by atoms with van der Waals surface area (Å²) in [6, 6.07) is 22.9. The van der Waals surface area contributed by atoms with Crippen LogP contribution in [0.3, 0.4) is 0 Å². The van der Waals surface area contributed by atoms with Gasteiger partial charge in [-0.15, -0.1) is 11.3 Å². The zero-order valence-corrected chi connectivity index (χ0v) is 28.4. The van der Waals surface area contributed by atoms with Crippen LogP contribution in [0.5, 0.6) is 11.5 Å². The second-order valence-corrected chi connectivity index (χ2v) is 13.1. The molecule has 47 heavy (non-hydrogen) atoms. The van der Waals surface area contributed by atoms with E-state index in [-0.39, 0.29) is 11.9 Å². The van der Waals surface area contributed by atoms with Crippen LogP contribution >= 0.6 is 22.9 Å². The third kappa shape index (κ3) is 8.02. The van der Waals surface area contributed by atoms with E-state index in [0.717, 1.165) is 83.3 Å². The minimum atomic E-state index is -0.374. The molecule has 0 atom stereocenters. The molecule has 9 nitrogen and oxygen atoms in total. The van der Waals surface area contributed by atoms with Crippen LogP contribution < -0.4 is 20.1 Å². The van der Waals surface area contributed by atoms with Gasteiger partial charge in [0.25, 0.3) is 5.91 Å². The molecule has 3 aromatic carbocycles. The van der Waals surface area contributed by atoms with E-state index in [0.29, 0.717) is 22.2 Å². The SMILES string of the molecule is COc1ccc(C(NC(=O)c2ccc3cc(-c4nc(NCCCN5CCN(C)CC5)ncc4Cl)sc3c2)c2ccc(OC)cc2)cc1. The van der Waals surface area contributed by atoms with Crippen LogP contribution in [0, 0.1) is 0 Å². The maximum Gasteiger partial charge on any atom is 0.252 e. The Morgan fingerprint density at radius 2 is 1.60 bits per heavy atom. The Hall–Kier alpha value is -4.22. The number of hydrogen-bond acceptors (Lipinski definition) is 9. The monoisotopic (exact) mass is 670 g/mol. The molecule has 3 heterocycles. The summed E-state index contributed by atoms with van der Waals surface area (Å²) in [5, 5.41) is 8.10. The molecule has 11 heteroatoms. The fraction of sp³-hybridized carbons (Fsp3) is 0.306. The van der Waals surface area contributed by atoms with Gasteiger partial charge in [-0.05, 0) is 79.0 Å². The van der Waals surface area contributed by atoms with E-state index in [1.54, 1.807) is 31.8 Å². The number of benzene rings is 3. The number of likely N-dealkylation sites (N-methyl/N-ethyl adjacent to an activating group) is 1. The lowest BCUT2D eigenvalue weighted by molar-refractivity contribution is 0.0943. The average Bonchev–Trinajstić information content (AvgIpc) is 3.54. The summed E-state index contributed by atoms with van der Waals surface area (Å²) >= 11 is 8.14. The first-order valence-corrected chi connectivity index (χ1v) is 16.9. The molecule has 2 N–H and O–H groups in total. The zero-order valence-electron chi connectivity index (χ0n) is 26.8. The quantitative estimate of drug-likeness (QED) is 0.144. The molecule has 0 saturated carbocycles. The average molecular weight is 671 g/mol. The van der Waals surface area contributed by atoms with Crippen molar-refractivity contribution in [2.75, 3.05) is 65.9 Å². The Morgan fingerprint density at radius 3 is 2.23 bits per heavy atom. The lowest BCUT2D eigenvalue weighted by Crippen LogP contribution is -2.44. The van der Waals surface area contributed by atoms with Crippen molar-refractivity contribution in [2.24, 2.45) is 0 Å². The number of fused-ring (bicyclic) bond motifs is 1. The number of ether oxygens (including phenoxy) is 2. The smallest absolute Gasteiger partial charge is 0.252 e. The largest absolute Gasteiger partial charge is 0.497 e. The minimum absolute atomic E-state index is 0.179. The van der Waals surface area contributed by atoms with Crippen LogP contribution in [0.15, 0.2) is 79.0 Å². The Bertz CT molecular complexity index is 1760. The van der Waals surface area contributed by atoms with Crippen molar-refractivity contribution >= 4 is 44.9 Å². The standard InChI is InChI=1S/C36H39ClN6O3S/c1-42-17-19-43(20-18-42)16-4-15-38-36-39-23-30(37)34(41-36)32-21-26-5-6-27(22-31(26)47-32)35(44)40-33(24-7-11-28(45-2)12-8-24)25-9-13-29(46-3)14-10-25/h5-14,21-23,33H,4,15-20H2,1-3H3,(H,40,44)(H,38,39,41). The summed E-state index contributed by atoms with van der Waals surface area (Å²) in [4.78, 5) is 28.6. The van der Waals surface area contributed by atoms with E-state index in [4.69, 9.17) is 26.1 Å². The van der Waals surface area contributed by atoms with Crippen molar-refractivity contribution < 1.29 is 14.3 Å². The number of nitrogens with zero attached hydrogens (tertiary/aromatic N) is 4. The van der Waals surface area contributed by atoms with E-state index >= 15 is 0 Å². The molecular weight excluding hydrogens is 632 g/mol. The van der Waals surface area contributed by atoms with Crippen molar-refractivity contribution in [3.63, 3.8) is 0 Å². The fourth-order valence-corrected chi connectivity index (χ4v) is 7.01. The number of nitrogens with one attached hydrogen (secondary N) is 2. The lowest BCUT2D eigenvalue weighted by Gasteiger charge is -2.32. The highest BCUT2D eigenvalue weighted by molar-refractivity contribution is 7.22. The first kappa shape index (κ1) is 32.7. The highest BCUT2D eigenvalue weighted by atomic mass is 35.5. The molecule has 1 aliphatic heterocycles. The summed E-state index contributed by atoms with van der Waals surface area (Å²) in [5.74, 6) is 1.88. The molecule has 0 aliphatic carbocycles. The highest BCUT2D eigenvalue weighted by Crippen LogP contribution is 2.37. The number of halogens is 1. The van der Waals surface area contributed by atoms with Crippen LogP contribution in [0.2, 0.25) is 5.02 Å². The third-order valence-corrected chi connectivity index (χ3v) is 9.84. The number of hydrogen-bond donors (Lipinski definition) is 2. The summed E-state index contributed by atoms with van der Waals surface area (Å²) in [5.41, 5.74) is 3.11. The topological polar surface area (TPSA) is 91.8 Å². The van der Waals surface area contributed by atoms with Crippen molar-refractivity contribution in [3.05, 3.63) is 101 Å². The summed E-state index contributed by atoms with van der Waals surface area (Å²) in [6.07, 6.45) is 2.66. The van der Waals surface area contributed by atoms with E-state index in [1.807, 2.05) is 66.7 Å². The first-order valence-electron chi connectivity index (χ1n) is 15.7. The number of carbonyl (C=O) groups is 1. The highest BCUT2D eigenvalue weighted by Gasteiger charge is 2.20. The van der Waals surface area contributed by atoms with Crippen molar-refractivity contribution in [1.29, 1.82) is 0 Å². The van der Waals surface area contributed by atoms with Crippen molar-refractivity contribution in [3.8, 4) is 22.1 Å². The number of anilines is 1. The second-order valence-electron chi connectivity index (χ2n) is 11.6. The van der Waals surface area contributed by atoms with E-state index in [2.05, 4.69) is 38.5 Å². The molecule has 5 aromatic rings. The van der Waals surface area contributed by atoms with E-state index < -0.39 is 0 Å². The number of amides is 1. The van der Waals surface area contributed by atoms with Crippen LogP contribution in [0.25, 0.3) is 20.7 Å². The zero-order chi connectivity index (χ0) is 32.8. The summed E-state index contributed by atoms with van der Waals surface area (Å²) in [6.45, 7) is 6.29. The molecule has 1 saturated heterocycles. The Balaban J connectivity index is 1.16. The molecule has 6 rings (SSSR count). The second kappa shape index (κ2) is 15.1. The number of methoxy groups -OCH3 is 2. The van der Waals surface area contributed by atoms with Crippen molar-refractivity contribution in [2.45, 2.75) is 12.5 Å². The van der Waals surface area contributed by atoms with Crippen LogP contribution in [-0.4, -0.2) is 86.2 Å². The number of aromatic nitrogens is 2. The van der Waals surface area contributed by atoms with Gasteiger partial charge >= 0.3 is 0 Å². The summed E-state index contributed by atoms with van der Waals surface area (Å²) < 4.78 is 11.7. The number of thiophene rings is 1. The van der Waals surface area contributed by atoms with Crippen LogP contribution in [0.4, 0.5) is 5.95 Å². The molecule has 0 unspecified atom stereocenters. The van der Waals surface area contributed by atoms with Gasteiger partial charge in [-0.25, -0.2) is 9.97 Å². The molecule has 1 aliphatic rings. The van der Waals surface area contributed by atoms with Crippen LogP contribution in [0.1, 0.15) is 33.9 Å². The van der Waals surface area contributed by atoms with Gasteiger partial charge in [0.2, 0.25) is 5.95 Å². The third-order valence-electron chi connectivity index (χ3n) is 8.46. The van der Waals surface area contributed by atoms with Gasteiger partial charge in [-0.3, -0.25) is 4.79 Å². The Kier molecular flexibility index (Phi) is 10.5. The molecule has 0 bridgehead atoms. The van der Waals surface area contributed by atoms with Gasteiger partial charge in [0.1, 0.15) is 17.2 Å².